The van der Waals surface area contributed by atoms with E-state index in [2.05, 4.69) is 0 Å². The van der Waals surface area contributed by atoms with E-state index in [-0.39, 0.29) is 36.8 Å². The summed E-state index contributed by atoms with van der Waals surface area (Å²) in [7, 11) is 0. The lowest BCUT2D eigenvalue weighted by Crippen LogP contribution is -2.25. The molecule has 0 unspecified atom stereocenters. The molecule has 84 valence electrons. The van der Waals surface area contributed by atoms with Gasteiger partial charge in [0.25, 0.3) is 0 Å². The Hall–Kier alpha value is -1.78. The van der Waals surface area contributed by atoms with Gasteiger partial charge in [-0.15, -0.1) is 0 Å². The second-order valence-corrected chi connectivity index (χ2v) is 3.68. The lowest BCUT2D eigenvalue weighted by Gasteiger charge is -2.14. The number of rotatable bonds is 2. The second-order valence-electron chi connectivity index (χ2n) is 3.68. The molecule has 0 atom stereocenters. The molecular weight excluding hydrogens is 216 g/mol. The number of Topliss-reactive ketones (excluding diaryl/α,β-unsaturated/α-hetero) is 1. The van der Waals surface area contributed by atoms with Crippen LogP contribution in [0, 0.1) is 11.6 Å². The SMILES string of the molecule is O=C1CC(=O)N(Cc2cccc(F)c2F)C1. The summed E-state index contributed by atoms with van der Waals surface area (Å²) >= 11 is 0. The monoisotopic (exact) mass is 225 g/mol. The van der Waals surface area contributed by atoms with Crippen LogP contribution in [-0.2, 0) is 16.1 Å². The third-order valence-electron chi connectivity index (χ3n) is 2.46. The van der Waals surface area contributed by atoms with Crippen molar-refractivity contribution in [3.8, 4) is 0 Å². The van der Waals surface area contributed by atoms with Gasteiger partial charge in [0.1, 0.15) is 0 Å². The molecule has 1 aromatic rings. The standard InChI is InChI=1S/C11H9F2NO2/c12-9-3-1-2-7(11(9)13)5-14-6-8(15)4-10(14)16/h1-3H,4-6H2. The predicted molar refractivity (Wildman–Crippen MR) is 51.4 cm³/mol. The van der Waals surface area contributed by atoms with Crippen LogP contribution >= 0.6 is 0 Å². The third-order valence-corrected chi connectivity index (χ3v) is 2.46. The van der Waals surface area contributed by atoms with Crippen LogP contribution in [-0.4, -0.2) is 23.1 Å². The van der Waals surface area contributed by atoms with E-state index in [1.165, 1.54) is 17.0 Å². The maximum atomic E-state index is 13.3. The number of carbonyl (C=O) groups excluding carboxylic acids is 2. The Morgan fingerprint density at radius 3 is 2.62 bits per heavy atom. The van der Waals surface area contributed by atoms with Gasteiger partial charge >= 0.3 is 0 Å². The number of halogens is 2. The second kappa shape index (κ2) is 4.00. The minimum absolute atomic E-state index is 0.0191. The molecule has 1 heterocycles. The molecule has 1 fully saturated rings. The average molecular weight is 225 g/mol. The van der Waals surface area contributed by atoms with Crippen LogP contribution in [0.2, 0.25) is 0 Å². The van der Waals surface area contributed by atoms with Crippen molar-refractivity contribution in [3.63, 3.8) is 0 Å². The van der Waals surface area contributed by atoms with Gasteiger partial charge in [0, 0.05) is 12.1 Å². The van der Waals surface area contributed by atoms with Gasteiger partial charge in [-0.2, -0.15) is 0 Å². The third kappa shape index (κ3) is 1.93. The van der Waals surface area contributed by atoms with Crippen LogP contribution in [0.15, 0.2) is 18.2 Å². The van der Waals surface area contributed by atoms with E-state index in [1.807, 2.05) is 0 Å². The zero-order valence-electron chi connectivity index (χ0n) is 8.37. The highest BCUT2D eigenvalue weighted by atomic mass is 19.2. The quantitative estimate of drug-likeness (QED) is 0.711. The maximum Gasteiger partial charge on any atom is 0.230 e. The van der Waals surface area contributed by atoms with Crippen molar-refractivity contribution in [1.29, 1.82) is 0 Å². The van der Waals surface area contributed by atoms with E-state index >= 15 is 0 Å². The van der Waals surface area contributed by atoms with E-state index < -0.39 is 11.6 Å². The van der Waals surface area contributed by atoms with Crippen LogP contribution in [0.25, 0.3) is 0 Å². The van der Waals surface area contributed by atoms with Crippen LogP contribution in [0.4, 0.5) is 8.78 Å². The van der Waals surface area contributed by atoms with Gasteiger partial charge < -0.3 is 4.90 Å². The summed E-state index contributed by atoms with van der Waals surface area (Å²) in [4.78, 5) is 23.5. The number of nitrogens with zero attached hydrogens (tertiary/aromatic N) is 1. The van der Waals surface area contributed by atoms with Gasteiger partial charge in [-0.3, -0.25) is 9.59 Å². The summed E-state index contributed by atoms with van der Waals surface area (Å²) in [5, 5.41) is 0. The van der Waals surface area contributed by atoms with Gasteiger partial charge in [-0.05, 0) is 6.07 Å². The Morgan fingerprint density at radius 1 is 1.25 bits per heavy atom. The molecule has 0 N–H and O–H groups in total. The van der Waals surface area contributed by atoms with Crippen LogP contribution in [0.1, 0.15) is 12.0 Å². The summed E-state index contributed by atoms with van der Waals surface area (Å²) in [6.45, 7) is -0.0804. The van der Waals surface area contributed by atoms with Gasteiger partial charge in [0.15, 0.2) is 17.4 Å². The molecule has 0 aliphatic carbocycles. The zero-order valence-corrected chi connectivity index (χ0v) is 8.37. The smallest absolute Gasteiger partial charge is 0.230 e. The molecule has 0 spiro atoms. The van der Waals surface area contributed by atoms with Crippen molar-refractivity contribution >= 4 is 11.7 Å². The molecular formula is C11H9F2NO2. The summed E-state index contributed by atoms with van der Waals surface area (Å²) in [6, 6.07) is 3.78. The van der Waals surface area contributed by atoms with Crippen molar-refractivity contribution in [2.75, 3.05) is 6.54 Å². The number of carbonyl (C=O) groups is 2. The van der Waals surface area contributed by atoms with Crippen LogP contribution in [0.5, 0.6) is 0 Å². The normalized spacial score (nSPS) is 16.0. The molecule has 1 aliphatic heterocycles. The molecule has 0 bridgehead atoms. The number of hydrogen-bond donors (Lipinski definition) is 0. The maximum absolute atomic E-state index is 13.3. The summed E-state index contributed by atoms with van der Waals surface area (Å²) < 4.78 is 26.2. The van der Waals surface area contributed by atoms with Gasteiger partial charge in [0.2, 0.25) is 5.91 Å². The number of amides is 1. The fourth-order valence-corrected chi connectivity index (χ4v) is 1.66. The lowest BCUT2D eigenvalue weighted by molar-refractivity contribution is -0.128. The average Bonchev–Trinajstić information content (AvgIpc) is 2.53. The predicted octanol–water partition coefficient (Wildman–Crippen LogP) is 1.27. The Balaban J connectivity index is 2.18. The molecule has 5 heteroatoms. The van der Waals surface area contributed by atoms with Crippen LogP contribution < -0.4 is 0 Å². The number of benzene rings is 1. The highest BCUT2D eigenvalue weighted by Gasteiger charge is 2.28. The number of hydrogen-bond acceptors (Lipinski definition) is 2. The van der Waals surface area contributed by atoms with Gasteiger partial charge in [-0.25, -0.2) is 8.78 Å². The van der Waals surface area contributed by atoms with Gasteiger partial charge in [0.05, 0.1) is 13.0 Å². The fraction of sp³-hybridized carbons (Fsp3) is 0.273. The molecule has 0 aromatic heterocycles. The topological polar surface area (TPSA) is 37.4 Å². The molecule has 0 radical (unpaired) electrons. The molecule has 1 amide bonds. The summed E-state index contributed by atoms with van der Waals surface area (Å²) in [5.41, 5.74) is 0.0862. The van der Waals surface area contributed by atoms with Crippen molar-refractivity contribution in [2.45, 2.75) is 13.0 Å². The van der Waals surface area contributed by atoms with Gasteiger partial charge in [-0.1, -0.05) is 12.1 Å². The first-order valence-electron chi connectivity index (χ1n) is 4.80. The molecule has 2 rings (SSSR count). The first kappa shape index (κ1) is 10.7. The minimum atomic E-state index is -0.963. The molecule has 1 saturated heterocycles. The van der Waals surface area contributed by atoms with E-state index in [0.29, 0.717) is 0 Å². The zero-order chi connectivity index (χ0) is 11.7. The van der Waals surface area contributed by atoms with Crippen molar-refractivity contribution in [3.05, 3.63) is 35.4 Å². The Bertz CT molecular complexity index is 459. The highest BCUT2D eigenvalue weighted by Crippen LogP contribution is 2.16. The van der Waals surface area contributed by atoms with Crippen molar-refractivity contribution < 1.29 is 18.4 Å². The molecule has 1 aliphatic rings. The first-order valence-corrected chi connectivity index (χ1v) is 4.80. The first-order chi connectivity index (χ1) is 7.58. The summed E-state index contributed by atoms with van der Waals surface area (Å²) in [5.74, 6) is -2.44. The number of ketones is 1. The Kier molecular flexibility index (Phi) is 2.68. The van der Waals surface area contributed by atoms with Crippen molar-refractivity contribution in [1.82, 2.24) is 4.90 Å². The Morgan fingerprint density at radius 2 is 2.00 bits per heavy atom. The minimum Gasteiger partial charge on any atom is -0.331 e. The van der Waals surface area contributed by atoms with E-state index in [1.54, 1.807) is 0 Å². The summed E-state index contributed by atoms with van der Waals surface area (Å²) in [6.07, 6.45) is -0.142. The van der Waals surface area contributed by atoms with E-state index in [4.69, 9.17) is 0 Å². The van der Waals surface area contributed by atoms with Crippen LogP contribution in [0.3, 0.4) is 0 Å². The molecule has 3 nitrogen and oxygen atoms in total. The highest BCUT2D eigenvalue weighted by molar-refractivity contribution is 6.05. The van der Waals surface area contributed by atoms with Crippen molar-refractivity contribution in [2.24, 2.45) is 0 Å². The van der Waals surface area contributed by atoms with E-state index in [0.717, 1.165) is 6.07 Å². The number of likely N-dealkylation sites (tertiary alicyclic amines) is 1. The molecule has 1 aromatic carbocycles. The Labute approximate surface area is 90.7 Å². The molecule has 0 saturated carbocycles. The lowest BCUT2D eigenvalue weighted by atomic mass is 10.2. The van der Waals surface area contributed by atoms with E-state index in [9.17, 15) is 18.4 Å². The largest absolute Gasteiger partial charge is 0.331 e. The molecule has 16 heavy (non-hydrogen) atoms. The fourth-order valence-electron chi connectivity index (χ4n) is 1.66.